The molecule has 4 nitrogen and oxygen atoms in total. The summed E-state index contributed by atoms with van der Waals surface area (Å²) >= 11 is 0. The molecule has 1 N–H and O–H groups in total. The summed E-state index contributed by atoms with van der Waals surface area (Å²) in [7, 11) is 0. The maximum Gasteiger partial charge on any atom is 0.224 e. The number of benzene rings is 2. The molecule has 122 valence electrons. The quantitative estimate of drug-likeness (QED) is 0.567. The molecule has 0 spiro atoms. The number of aromatic amines is 1. The number of aryl methyl sites for hydroxylation is 1. The van der Waals surface area contributed by atoms with Crippen LogP contribution in [0.1, 0.15) is 29.0 Å². The van der Waals surface area contributed by atoms with Gasteiger partial charge in [-0.3, -0.25) is 10.1 Å². The van der Waals surface area contributed by atoms with Gasteiger partial charge in [-0.2, -0.15) is 0 Å². The lowest BCUT2D eigenvalue weighted by Crippen LogP contribution is -2.33. The highest BCUT2D eigenvalue weighted by molar-refractivity contribution is 5.84. The Morgan fingerprint density at radius 1 is 1.12 bits per heavy atom. The van der Waals surface area contributed by atoms with Crippen LogP contribution in [0.15, 0.2) is 42.6 Å². The summed E-state index contributed by atoms with van der Waals surface area (Å²) in [6.07, 6.45) is 2.70. The molecule has 24 heavy (non-hydrogen) atoms. The average molecular weight is 328 g/mol. The smallest absolute Gasteiger partial charge is 0.224 e. The van der Waals surface area contributed by atoms with Crippen LogP contribution in [-0.4, -0.2) is 15.9 Å². The molecule has 1 aliphatic carbocycles. The fraction of sp³-hybridized carbons (Fsp3) is 0.222. The van der Waals surface area contributed by atoms with E-state index in [9.17, 15) is 18.9 Å². The Hall–Kier alpha value is -2.76. The number of nitro groups is 1. The molecule has 0 saturated heterocycles. The standard InChI is InChI=1S/C18H14F2N2O2/c19-14-7-12-13(9-21-16(12)8-15(14)20)18-11-4-2-1-3-10(11)5-6-17(18)22(23)24/h1-4,7-9,17-18,21H,5-6H2/t17-,18+/m0/s1. The minimum Gasteiger partial charge on any atom is -0.361 e. The highest BCUT2D eigenvalue weighted by Gasteiger charge is 2.39. The van der Waals surface area contributed by atoms with Gasteiger partial charge in [0.25, 0.3) is 0 Å². The van der Waals surface area contributed by atoms with Crippen molar-refractivity contribution in [3.63, 3.8) is 0 Å². The van der Waals surface area contributed by atoms with Crippen LogP contribution in [0.25, 0.3) is 10.9 Å². The lowest BCUT2D eigenvalue weighted by atomic mass is 9.76. The van der Waals surface area contributed by atoms with Crippen molar-refractivity contribution in [2.45, 2.75) is 24.8 Å². The summed E-state index contributed by atoms with van der Waals surface area (Å²) in [5.74, 6) is -2.38. The van der Waals surface area contributed by atoms with E-state index in [4.69, 9.17) is 0 Å². The van der Waals surface area contributed by atoms with Crippen LogP contribution in [-0.2, 0) is 6.42 Å². The third kappa shape index (κ3) is 2.18. The molecule has 2 aromatic carbocycles. The van der Waals surface area contributed by atoms with Gasteiger partial charge < -0.3 is 4.98 Å². The Morgan fingerprint density at radius 2 is 1.88 bits per heavy atom. The molecule has 2 atom stereocenters. The average Bonchev–Trinajstić information content (AvgIpc) is 2.96. The first kappa shape index (κ1) is 14.8. The molecule has 0 fully saturated rings. The van der Waals surface area contributed by atoms with Crippen molar-refractivity contribution in [2.24, 2.45) is 0 Å². The van der Waals surface area contributed by atoms with Crippen molar-refractivity contribution in [2.75, 3.05) is 0 Å². The maximum atomic E-state index is 13.7. The van der Waals surface area contributed by atoms with Crippen molar-refractivity contribution in [3.05, 3.63) is 81.0 Å². The Balaban J connectivity index is 1.95. The van der Waals surface area contributed by atoms with E-state index >= 15 is 0 Å². The zero-order valence-corrected chi connectivity index (χ0v) is 12.6. The van der Waals surface area contributed by atoms with Gasteiger partial charge >= 0.3 is 0 Å². The molecule has 1 aromatic heterocycles. The van der Waals surface area contributed by atoms with Crippen molar-refractivity contribution in [3.8, 4) is 0 Å². The first-order chi connectivity index (χ1) is 11.6. The monoisotopic (exact) mass is 328 g/mol. The van der Waals surface area contributed by atoms with Gasteiger partial charge in [0.1, 0.15) is 0 Å². The summed E-state index contributed by atoms with van der Waals surface area (Å²) in [4.78, 5) is 14.2. The summed E-state index contributed by atoms with van der Waals surface area (Å²) in [5.41, 5.74) is 3.03. The molecule has 0 amide bonds. The molecular formula is C18H14F2N2O2. The first-order valence-electron chi connectivity index (χ1n) is 7.73. The molecule has 4 rings (SSSR count). The highest BCUT2D eigenvalue weighted by Crippen LogP contribution is 2.41. The van der Waals surface area contributed by atoms with Gasteiger partial charge in [0.05, 0.1) is 5.92 Å². The predicted molar refractivity (Wildman–Crippen MR) is 85.6 cm³/mol. The number of H-pyrrole nitrogens is 1. The summed E-state index contributed by atoms with van der Waals surface area (Å²) in [5, 5.41) is 12.1. The van der Waals surface area contributed by atoms with Crippen LogP contribution in [0.2, 0.25) is 0 Å². The molecule has 1 heterocycles. The van der Waals surface area contributed by atoms with E-state index in [0.29, 0.717) is 29.3 Å². The number of aromatic nitrogens is 1. The zero-order chi connectivity index (χ0) is 16.8. The van der Waals surface area contributed by atoms with Crippen molar-refractivity contribution in [1.29, 1.82) is 0 Å². The van der Waals surface area contributed by atoms with Crippen molar-refractivity contribution >= 4 is 10.9 Å². The highest BCUT2D eigenvalue weighted by atomic mass is 19.2. The van der Waals surface area contributed by atoms with Crippen LogP contribution in [0.4, 0.5) is 8.78 Å². The zero-order valence-electron chi connectivity index (χ0n) is 12.6. The van der Waals surface area contributed by atoms with E-state index in [-0.39, 0.29) is 4.92 Å². The minimum absolute atomic E-state index is 0.265. The second-order valence-corrected chi connectivity index (χ2v) is 6.12. The van der Waals surface area contributed by atoms with Gasteiger partial charge in [-0.05, 0) is 29.2 Å². The van der Waals surface area contributed by atoms with Crippen LogP contribution in [0.5, 0.6) is 0 Å². The van der Waals surface area contributed by atoms with Gasteiger partial charge in [-0.25, -0.2) is 8.78 Å². The SMILES string of the molecule is O=[N+]([O-])[C@H]1CCc2ccccc2[C@@H]1c1c[nH]c2cc(F)c(F)cc12. The van der Waals surface area contributed by atoms with E-state index in [2.05, 4.69) is 4.98 Å². The normalized spacial score (nSPS) is 20.1. The Kier molecular flexibility index (Phi) is 3.33. The number of nitrogens with zero attached hydrogens (tertiary/aromatic N) is 1. The number of fused-ring (bicyclic) bond motifs is 2. The number of nitrogens with one attached hydrogen (secondary N) is 1. The first-order valence-corrected chi connectivity index (χ1v) is 7.73. The summed E-state index contributed by atoms with van der Waals surface area (Å²) in [6.45, 7) is 0. The summed E-state index contributed by atoms with van der Waals surface area (Å²) in [6, 6.07) is 9.03. The fourth-order valence-electron chi connectivity index (χ4n) is 3.74. The van der Waals surface area contributed by atoms with Crippen molar-refractivity contribution < 1.29 is 13.7 Å². The van der Waals surface area contributed by atoms with E-state index < -0.39 is 23.6 Å². The van der Waals surface area contributed by atoms with E-state index in [1.807, 2.05) is 24.3 Å². The maximum absolute atomic E-state index is 13.7. The molecule has 0 unspecified atom stereocenters. The largest absolute Gasteiger partial charge is 0.361 e. The van der Waals surface area contributed by atoms with Crippen LogP contribution in [0.3, 0.4) is 0 Å². The Labute approximate surface area is 136 Å². The van der Waals surface area contributed by atoms with Gasteiger partial charge in [0.2, 0.25) is 6.04 Å². The van der Waals surface area contributed by atoms with Crippen LogP contribution in [0, 0.1) is 21.7 Å². The van der Waals surface area contributed by atoms with Gasteiger partial charge in [-0.1, -0.05) is 24.3 Å². The van der Waals surface area contributed by atoms with E-state index in [1.165, 1.54) is 0 Å². The van der Waals surface area contributed by atoms with Gasteiger partial charge in [0.15, 0.2) is 11.6 Å². The molecule has 0 aliphatic heterocycles. The summed E-state index contributed by atoms with van der Waals surface area (Å²) < 4.78 is 27.1. The van der Waals surface area contributed by atoms with Crippen molar-refractivity contribution in [1.82, 2.24) is 4.98 Å². The topological polar surface area (TPSA) is 58.9 Å². The van der Waals surface area contributed by atoms with Gasteiger partial charge in [0, 0.05) is 34.5 Å². The second-order valence-electron chi connectivity index (χ2n) is 6.12. The third-order valence-corrected chi connectivity index (χ3v) is 4.84. The molecule has 1 aliphatic rings. The number of hydrogen-bond donors (Lipinski definition) is 1. The fourth-order valence-corrected chi connectivity index (χ4v) is 3.74. The van der Waals surface area contributed by atoms with E-state index in [1.54, 1.807) is 6.20 Å². The molecule has 0 saturated carbocycles. The number of rotatable bonds is 2. The minimum atomic E-state index is -0.954. The molecule has 0 bridgehead atoms. The molecule has 0 radical (unpaired) electrons. The molecule has 3 aromatic rings. The molecular weight excluding hydrogens is 314 g/mol. The lowest BCUT2D eigenvalue weighted by molar-refractivity contribution is -0.526. The molecule has 6 heteroatoms. The Morgan fingerprint density at radius 3 is 2.67 bits per heavy atom. The second kappa shape index (κ2) is 5.40. The Bertz CT molecular complexity index is 951. The van der Waals surface area contributed by atoms with Gasteiger partial charge in [-0.15, -0.1) is 0 Å². The third-order valence-electron chi connectivity index (χ3n) is 4.84. The number of hydrogen-bond acceptors (Lipinski definition) is 2. The van der Waals surface area contributed by atoms with Crippen LogP contribution >= 0.6 is 0 Å². The lowest BCUT2D eigenvalue weighted by Gasteiger charge is -2.28. The number of halogens is 2. The predicted octanol–water partition coefficient (Wildman–Crippen LogP) is 4.17. The van der Waals surface area contributed by atoms with E-state index in [0.717, 1.165) is 23.3 Å². The van der Waals surface area contributed by atoms with Crippen LogP contribution < -0.4 is 0 Å².